The molecule has 1 atom stereocenters. The van der Waals surface area contributed by atoms with Gasteiger partial charge in [-0.05, 0) is 12.1 Å². The molecule has 0 saturated carbocycles. The Morgan fingerprint density at radius 1 is 1.54 bits per heavy atom. The summed E-state index contributed by atoms with van der Waals surface area (Å²) in [5, 5.41) is 9.41. The van der Waals surface area contributed by atoms with Crippen molar-refractivity contribution in [3.05, 3.63) is 30.1 Å². The van der Waals surface area contributed by atoms with E-state index in [9.17, 15) is 13.5 Å². The van der Waals surface area contributed by atoms with Crippen molar-refractivity contribution in [2.24, 2.45) is 0 Å². The SMILES string of the molecule is CS(=O)(=O)CC(O)c1ccccn1. The molecule has 0 radical (unpaired) electrons. The monoisotopic (exact) mass is 201 g/mol. The van der Waals surface area contributed by atoms with Crippen LogP contribution in [0.5, 0.6) is 0 Å². The normalized spacial score (nSPS) is 14.0. The van der Waals surface area contributed by atoms with Gasteiger partial charge in [0.2, 0.25) is 0 Å². The first-order chi connectivity index (χ1) is 5.99. The number of hydrogen-bond acceptors (Lipinski definition) is 4. The molecule has 1 aromatic rings. The van der Waals surface area contributed by atoms with Crippen molar-refractivity contribution in [2.75, 3.05) is 12.0 Å². The zero-order valence-electron chi connectivity index (χ0n) is 7.21. The van der Waals surface area contributed by atoms with Gasteiger partial charge in [0.05, 0.1) is 11.4 Å². The molecule has 0 aromatic carbocycles. The molecule has 1 N–H and O–H groups in total. The third kappa shape index (κ3) is 3.52. The first kappa shape index (κ1) is 10.1. The molecule has 0 bridgehead atoms. The van der Waals surface area contributed by atoms with Crippen LogP contribution < -0.4 is 0 Å². The molecule has 0 aliphatic heterocycles. The summed E-state index contributed by atoms with van der Waals surface area (Å²) in [6.07, 6.45) is 1.57. The maximum absolute atomic E-state index is 10.8. The lowest BCUT2D eigenvalue weighted by Gasteiger charge is -2.07. The first-order valence-corrected chi connectivity index (χ1v) is 5.82. The second-order valence-corrected chi connectivity index (χ2v) is 5.05. The van der Waals surface area contributed by atoms with Crippen LogP contribution in [0.15, 0.2) is 24.4 Å². The molecule has 1 heterocycles. The fourth-order valence-corrected chi connectivity index (χ4v) is 1.69. The van der Waals surface area contributed by atoms with Gasteiger partial charge >= 0.3 is 0 Å². The van der Waals surface area contributed by atoms with Gasteiger partial charge in [0.1, 0.15) is 15.9 Å². The van der Waals surface area contributed by atoms with E-state index in [1.807, 2.05) is 0 Å². The van der Waals surface area contributed by atoms with Crippen LogP contribution in [0.4, 0.5) is 0 Å². The molecule has 1 rings (SSSR count). The fraction of sp³-hybridized carbons (Fsp3) is 0.375. The van der Waals surface area contributed by atoms with Gasteiger partial charge in [-0.3, -0.25) is 4.98 Å². The van der Waals surface area contributed by atoms with Crippen molar-refractivity contribution in [3.63, 3.8) is 0 Å². The molecule has 1 aromatic heterocycles. The van der Waals surface area contributed by atoms with Crippen LogP contribution in [0, 0.1) is 0 Å². The quantitative estimate of drug-likeness (QED) is 0.756. The Morgan fingerprint density at radius 3 is 2.69 bits per heavy atom. The number of nitrogens with zero attached hydrogens (tertiary/aromatic N) is 1. The lowest BCUT2D eigenvalue weighted by molar-refractivity contribution is 0.197. The maximum atomic E-state index is 10.8. The van der Waals surface area contributed by atoms with E-state index < -0.39 is 15.9 Å². The summed E-state index contributed by atoms with van der Waals surface area (Å²) in [7, 11) is -3.16. The molecule has 72 valence electrons. The highest BCUT2D eigenvalue weighted by Crippen LogP contribution is 2.10. The van der Waals surface area contributed by atoms with Gasteiger partial charge in [-0.2, -0.15) is 0 Å². The van der Waals surface area contributed by atoms with Gasteiger partial charge in [-0.1, -0.05) is 6.07 Å². The number of aromatic nitrogens is 1. The zero-order valence-corrected chi connectivity index (χ0v) is 8.03. The summed E-state index contributed by atoms with van der Waals surface area (Å²) >= 11 is 0. The molecule has 4 nitrogen and oxygen atoms in total. The second kappa shape index (κ2) is 3.85. The van der Waals surface area contributed by atoms with Crippen LogP contribution in [0.3, 0.4) is 0 Å². The van der Waals surface area contributed by atoms with Crippen molar-refractivity contribution in [1.82, 2.24) is 4.98 Å². The highest BCUT2D eigenvalue weighted by molar-refractivity contribution is 7.90. The van der Waals surface area contributed by atoms with E-state index >= 15 is 0 Å². The first-order valence-electron chi connectivity index (χ1n) is 3.76. The fourth-order valence-electron chi connectivity index (χ4n) is 0.945. The Hall–Kier alpha value is -0.940. The molecule has 1 unspecified atom stereocenters. The van der Waals surface area contributed by atoms with Gasteiger partial charge in [-0.15, -0.1) is 0 Å². The summed E-state index contributed by atoms with van der Waals surface area (Å²) in [6.45, 7) is 0. The lowest BCUT2D eigenvalue weighted by atomic mass is 10.2. The van der Waals surface area contributed by atoms with Crippen LogP contribution in [-0.4, -0.2) is 30.5 Å². The predicted molar refractivity (Wildman–Crippen MR) is 48.9 cm³/mol. The van der Waals surface area contributed by atoms with Gasteiger partial charge in [0.25, 0.3) is 0 Å². The molecule has 0 aliphatic carbocycles. The molecule has 5 heteroatoms. The number of rotatable bonds is 3. The Bertz CT molecular complexity index is 360. The Labute approximate surface area is 77.2 Å². The van der Waals surface area contributed by atoms with Crippen LogP contribution in [0.1, 0.15) is 11.8 Å². The van der Waals surface area contributed by atoms with Gasteiger partial charge < -0.3 is 5.11 Å². The van der Waals surface area contributed by atoms with Crippen LogP contribution in [0.2, 0.25) is 0 Å². The second-order valence-electron chi connectivity index (χ2n) is 2.86. The average molecular weight is 201 g/mol. The molecule has 13 heavy (non-hydrogen) atoms. The molecule has 0 fully saturated rings. The van der Waals surface area contributed by atoms with Crippen molar-refractivity contribution in [3.8, 4) is 0 Å². The van der Waals surface area contributed by atoms with E-state index in [0.717, 1.165) is 6.26 Å². The summed E-state index contributed by atoms with van der Waals surface area (Å²) in [4.78, 5) is 3.85. The van der Waals surface area contributed by atoms with Crippen LogP contribution in [-0.2, 0) is 9.84 Å². The summed E-state index contributed by atoms with van der Waals surface area (Å²) in [5.74, 6) is -0.288. The number of hydrogen-bond donors (Lipinski definition) is 1. The third-order valence-electron chi connectivity index (χ3n) is 1.49. The molecule has 0 saturated heterocycles. The Balaban J connectivity index is 2.76. The molecular weight excluding hydrogens is 190 g/mol. The predicted octanol–water partition coefficient (Wildman–Crippen LogP) is 0.160. The van der Waals surface area contributed by atoms with E-state index in [0.29, 0.717) is 5.69 Å². The van der Waals surface area contributed by atoms with E-state index in [1.165, 1.54) is 6.20 Å². The highest BCUT2D eigenvalue weighted by Gasteiger charge is 2.14. The lowest BCUT2D eigenvalue weighted by Crippen LogP contribution is -2.13. The van der Waals surface area contributed by atoms with Crippen molar-refractivity contribution in [2.45, 2.75) is 6.10 Å². The van der Waals surface area contributed by atoms with Crippen molar-refractivity contribution >= 4 is 9.84 Å². The molecular formula is C8H11NO3S. The third-order valence-corrected chi connectivity index (χ3v) is 2.41. The summed E-state index contributed by atoms with van der Waals surface area (Å²) in [6, 6.07) is 5.00. The van der Waals surface area contributed by atoms with E-state index in [2.05, 4.69) is 4.98 Å². The molecule has 0 amide bonds. The Morgan fingerprint density at radius 2 is 2.23 bits per heavy atom. The summed E-state index contributed by atoms with van der Waals surface area (Å²) in [5.41, 5.74) is 0.382. The minimum Gasteiger partial charge on any atom is -0.386 e. The molecule has 0 spiro atoms. The molecule has 0 aliphatic rings. The van der Waals surface area contributed by atoms with Crippen molar-refractivity contribution < 1.29 is 13.5 Å². The van der Waals surface area contributed by atoms with Gasteiger partial charge in [0.15, 0.2) is 0 Å². The topological polar surface area (TPSA) is 67.3 Å². The summed E-state index contributed by atoms with van der Waals surface area (Å²) < 4.78 is 21.7. The van der Waals surface area contributed by atoms with Gasteiger partial charge in [-0.25, -0.2) is 8.42 Å². The van der Waals surface area contributed by atoms with Crippen LogP contribution in [0.25, 0.3) is 0 Å². The van der Waals surface area contributed by atoms with Gasteiger partial charge in [0, 0.05) is 12.5 Å². The maximum Gasteiger partial charge on any atom is 0.150 e. The number of pyridine rings is 1. The average Bonchev–Trinajstić information content (AvgIpc) is 2.03. The van der Waals surface area contributed by atoms with E-state index in [4.69, 9.17) is 0 Å². The smallest absolute Gasteiger partial charge is 0.150 e. The van der Waals surface area contributed by atoms with Crippen LogP contribution >= 0.6 is 0 Å². The largest absolute Gasteiger partial charge is 0.386 e. The van der Waals surface area contributed by atoms with E-state index in [1.54, 1.807) is 18.2 Å². The Kier molecular flexibility index (Phi) is 3.00. The minimum atomic E-state index is -3.16. The number of aliphatic hydroxyl groups excluding tert-OH is 1. The number of aliphatic hydroxyl groups is 1. The van der Waals surface area contributed by atoms with E-state index in [-0.39, 0.29) is 5.75 Å². The number of sulfone groups is 1. The minimum absolute atomic E-state index is 0.288. The zero-order chi connectivity index (χ0) is 9.90. The highest BCUT2D eigenvalue weighted by atomic mass is 32.2. The standard InChI is InChI=1S/C8H11NO3S/c1-13(11,12)6-8(10)7-4-2-3-5-9-7/h2-5,8,10H,6H2,1H3. The van der Waals surface area contributed by atoms with Crippen molar-refractivity contribution in [1.29, 1.82) is 0 Å².